The SMILES string of the molecule is [P]=S.c1cnnnc1. The molecule has 1 radical (unpaired) electrons. The van der Waals surface area contributed by atoms with Gasteiger partial charge in [-0.2, -0.15) is 0 Å². The fourth-order valence-corrected chi connectivity index (χ4v) is 0.205. The lowest BCUT2D eigenvalue weighted by Gasteiger charge is -1.68. The molecule has 0 aliphatic heterocycles. The molecule has 41 valence electrons. The smallest absolute Gasteiger partial charge is 0.0529 e. The van der Waals surface area contributed by atoms with E-state index in [-0.39, 0.29) is 0 Å². The summed E-state index contributed by atoms with van der Waals surface area (Å²) in [5.74, 6) is 0. The maximum absolute atomic E-state index is 3.78. The number of hydrogen-bond donors (Lipinski definition) is 0. The van der Waals surface area contributed by atoms with Crippen molar-refractivity contribution >= 4 is 19.8 Å². The van der Waals surface area contributed by atoms with E-state index in [0.717, 1.165) is 0 Å². The van der Waals surface area contributed by atoms with Crippen LogP contribution in [-0.4, -0.2) is 15.4 Å². The average Bonchev–Trinajstić information content (AvgIpc) is 1.96. The monoisotopic (exact) mass is 144 g/mol. The number of nitrogens with zero attached hydrogens (tertiary/aromatic N) is 3. The lowest BCUT2D eigenvalue weighted by atomic mass is 10.7. The van der Waals surface area contributed by atoms with Gasteiger partial charge in [-0.15, -0.1) is 10.2 Å². The first-order valence-electron chi connectivity index (χ1n) is 1.77. The molecule has 0 aromatic carbocycles. The molecule has 1 aromatic rings. The summed E-state index contributed by atoms with van der Waals surface area (Å²) in [5.41, 5.74) is 0. The third-order valence-electron chi connectivity index (χ3n) is 0.409. The van der Waals surface area contributed by atoms with Crippen LogP contribution in [0.25, 0.3) is 0 Å². The highest BCUT2D eigenvalue weighted by Gasteiger charge is 1.60. The summed E-state index contributed by atoms with van der Waals surface area (Å²) in [4.78, 5) is 0. The first-order valence-corrected chi connectivity index (χ1v) is 3.23. The Morgan fingerprint density at radius 1 is 1.12 bits per heavy atom. The molecule has 0 spiro atoms. The van der Waals surface area contributed by atoms with Crippen molar-refractivity contribution in [2.45, 2.75) is 0 Å². The van der Waals surface area contributed by atoms with Crippen molar-refractivity contribution < 1.29 is 0 Å². The minimum Gasteiger partial charge on any atom is -0.139 e. The standard InChI is InChI=1S/C3H3N3.PS/c1-2-4-6-5-3-1;1-2/h1-3H;. The average molecular weight is 144 g/mol. The predicted octanol–water partition coefficient (Wildman–Crippen LogP) is 0.730. The third-order valence-corrected chi connectivity index (χ3v) is 0.409. The Morgan fingerprint density at radius 3 is 1.75 bits per heavy atom. The van der Waals surface area contributed by atoms with Crippen LogP contribution in [0.5, 0.6) is 0 Å². The zero-order chi connectivity index (χ0) is 6.24. The van der Waals surface area contributed by atoms with E-state index in [1.54, 1.807) is 18.5 Å². The van der Waals surface area contributed by atoms with Crippen molar-refractivity contribution in [2.75, 3.05) is 0 Å². The van der Waals surface area contributed by atoms with Crippen LogP contribution in [0.4, 0.5) is 0 Å². The molecule has 0 atom stereocenters. The zero-order valence-electron chi connectivity index (χ0n) is 3.93. The summed E-state index contributed by atoms with van der Waals surface area (Å²) < 4.78 is 0. The topological polar surface area (TPSA) is 38.7 Å². The molecule has 0 saturated carbocycles. The Bertz CT molecular complexity index is 97.4. The Hall–Kier alpha value is -0.470. The molecular formula is C3H3N3PS. The van der Waals surface area contributed by atoms with Crippen LogP contribution >= 0.6 is 8.02 Å². The molecule has 0 aliphatic carbocycles. The van der Waals surface area contributed by atoms with E-state index in [0.29, 0.717) is 0 Å². The zero-order valence-corrected chi connectivity index (χ0v) is 5.64. The normalized spacial score (nSPS) is 6.50. The van der Waals surface area contributed by atoms with Gasteiger partial charge in [0.15, 0.2) is 0 Å². The van der Waals surface area contributed by atoms with E-state index in [4.69, 9.17) is 0 Å². The molecule has 1 heterocycles. The summed E-state index contributed by atoms with van der Waals surface area (Å²) >= 11 is 3.78. The first-order chi connectivity index (χ1) is 4.00. The summed E-state index contributed by atoms with van der Waals surface area (Å²) in [7, 11) is 3.11. The molecule has 1 aromatic heterocycles. The molecule has 0 bridgehead atoms. The van der Waals surface area contributed by atoms with Crippen LogP contribution in [0.2, 0.25) is 0 Å². The highest BCUT2D eigenvalue weighted by atomic mass is 32.4. The van der Waals surface area contributed by atoms with E-state index >= 15 is 0 Å². The highest BCUT2D eigenvalue weighted by Crippen LogP contribution is 1.61. The second kappa shape index (κ2) is 6.53. The van der Waals surface area contributed by atoms with Crippen LogP contribution in [-0.2, 0) is 11.8 Å². The van der Waals surface area contributed by atoms with Gasteiger partial charge in [0, 0.05) is 8.02 Å². The van der Waals surface area contributed by atoms with Gasteiger partial charge in [-0.25, -0.2) is 0 Å². The van der Waals surface area contributed by atoms with Crippen molar-refractivity contribution in [1.29, 1.82) is 0 Å². The van der Waals surface area contributed by atoms with E-state index in [9.17, 15) is 0 Å². The molecule has 0 N–H and O–H groups in total. The third kappa shape index (κ3) is 3.71. The van der Waals surface area contributed by atoms with Gasteiger partial charge in [0.2, 0.25) is 0 Å². The van der Waals surface area contributed by atoms with Gasteiger partial charge in [0.05, 0.1) is 12.4 Å². The molecule has 0 fully saturated rings. The number of aromatic nitrogens is 3. The Balaban J connectivity index is 0.000000222. The Morgan fingerprint density at radius 2 is 1.62 bits per heavy atom. The molecular weight excluding hydrogens is 141 g/mol. The van der Waals surface area contributed by atoms with Crippen LogP contribution < -0.4 is 0 Å². The van der Waals surface area contributed by atoms with Crippen LogP contribution in [0, 0.1) is 0 Å². The summed E-state index contributed by atoms with van der Waals surface area (Å²) in [6.45, 7) is 0. The van der Waals surface area contributed by atoms with Gasteiger partial charge in [0.1, 0.15) is 0 Å². The molecule has 1 rings (SSSR count). The predicted molar refractivity (Wildman–Crippen MR) is 34.1 cm³/mol. The highest BCUT2D eigenvalue weighted by molar-refractivity contribution is 7.88. The minimum absolute atomic E-state index is 1.58. The summed E-state index contributed by atoms with van der Waals surface area (Å²) in [5, 5.41) is 10.1. The fraction of sp³-hybridized carbons (Fsp3) is 0. The second-order valence-electron chi connectivity index (χ2n) is 0.811. The lowest BCUT2D eigenvalue weighted by molar-refractivity contribution is 0.865. The maximum atomic E-state index is 3.78. The summed E-state index contributed by atoms with van der Waals surface area (Å²) in [6.07, 6.45) is 3.15. The molecule has 3 nitrogen and oxygen atoms in total. The largest absolute Gasteiger partial charge is 0.139 e. The number of hydrogen-bond acceptors (Lipinski definition) is 4. The Kier molecular flexibility index (Phi) is 6.15. The summed E-state index contributed by atoms with van der Waals surface area (Å²) in [6, 6.07) is 1.72. The van der Waals surface area contributed by atoms with Crippen molar-refractivity contribution in [3.63, 3.8) is 0 Å². The molecule has 0 amide bonds. The van der Waals surface area contributed by atoms with Crippen molar-refractivity contribution in [3.05, 3.63) is 18.5 Å². The van der Waals surface area contributed by atoms with Gasteiger partial charge in [-0.3, -0.25) is 0 Å². The van der Waals surface area contributed by atoms with Crippen molar-refractivity contribution in [1.82, 2.24) is 15.4 Å². The molecule has 8 heavy (non-hydrogen) atoms. The minimum atomic E-state index is 1.58. The van der Waals surface area contributed by atoms with Gasteiger partial charge in [-0.05, 0) is 23.1 Å². The quantitative estimate of drug-likeness (QED) is 0.503. The van der Waals surface area contributed by atoms with E-state index in [1.165, 1.54) is 0 Å². The van der Waals surface area contributed by atoms with Crippen molar-refractivity contribution in [3.8, 4) is 0 Å². The fourth-order valence-electron chi connectivity index (χ4n) is 0.205. The second-order valence-corrected chi connectivity index (χ2v) is 0.811. The van der Waals surface area contributed by atoms with Crippen LogP contribution in [0.3, 0.4) is 0 Å². The molecule has 5 heteroatoms. The van der Waals surface area contributed by atoms with E-state index < -0.39 is 0 Å². The van der Waals surface area contributed by atoms with Gasteiger partial charge < -0.3 is 0 Å². The maximum Gasteiger partial charge on any atom is 0.0529 e. The lowest BCUT2D eigenvalue weighted by Crippen LogP contribution is -1.78. The van der Waals surface area contributed by atoms with Crippen LogP contribution in [0.15, 0.2) is 18.5 Å². The molecule has 0 saturated heterocycles. The molecule has 0 aliphatic rings. The van der Waals surface area contributed by atoms with Gasteiger partial charge >= 0.3 is 0 Å². The van der Waals surface area contributed by atoms with Gasteiger partial charge in [-0.1, -0.05) is 0 Å². The molecule has 0 unspecified atom stereocenters. The van der Waals surface area contributed by atoms with Crippen molar-refractivity contribution in [2.24, 2.45) is 0 Å². The van der Waals surface area contributed by atoms with E-state index in [1.807, 2.05) is 0 Å². The van der Waals surface area contributed by atoms with Gasteiger partial charge in [0.25, 0.3) is 0 Å². The van der Waals surface area contributed by atoms with E-state index in [2.05, 4.69) is 35.2 Å². The first kappa shape index (κ1) is 7.53. The van der Waals surface area contributed by atoms with Crippen LogP contribution in [0.1, 0.15) is 0 Å². The number of rotatable bonds is 0. The Labute approximate surface area is 54.4 Å².